The van der Waals surface area contributed by atoms with Gasteiger partial charge in [0.2, 0.25) is 11.8 Å². The van der Waals surface area contributed by atoms with Crippen LogP contribution in [-0.4, -0.2) is 59.9 Å². The van der Waals surface area contributed by atoms with E-state index in [1.165, 1.54) is 59.9 Å². The van der Waals surface area contributed by atoms with Crippen LogP contribution in [-0.2, 0) is 9.59 Å². The molecule has 5 N–H and O–H groups in total. The van der Waals surface area contributed by atoms with E-state index in [-0.39, 0.29) is 11.4 Å². The van der Waals surface area contributed by atoms with Crippen LogP contribution in [0, 0.1) is 11.2 Å². The van der Waals surface area contributed by atoms with Gasteiger partial charge in [-0.15, -0.1) is 11.3 Å². The minimum Gasteiger partial charge on any atom is -0.457 e. The second-order valence-corrected chi connectivity index (χ2v) is 10.6. The van der Waals surface area contributed by atoms with Crippen LogP contribution in [0.4, 0.5) is 13.2 Å². The van der Waals surface area contributed by atoms with Gasteiger partial charge in [0, 0.05) is 27.8 Å². The molecule has 3 atom stereocenters. The van der Waals surface area contributed by atoms with Crippen LogP contribution in [0.2, 0.25) is 0 Å². The number of hydrogen-bond acceptors (Lipinski definition) is 6. The molecular weight excluding hydrogens is 559 g/mol. The lowest BCUT2D eigenvalue weighted by Gasteiger charge is -2.25. The quantitative estimate of drug-likeness (QED) is 0.211. The standard InChI is InChI=1S/C28H28F3N5O4S/c1-16(23-10-18(13-41-23)25(32)33)35-27(39)22-11-28(31,14-29)15-36(22)24(37)12-34-26(38)17-2-6-20(7-3-17)40-21-8-4-19(30)5-9-21/h2-10,13,16,22H,11-12,14-15H2,1H3,(H3,32,33)(H,34,38)(H,35,39)/t16-,22+,28+/m1/s1. The van der Waals surface area contributed by atoms with Crippen LogP contribution < -0.4 is 21.1 Å². The zero-order chi connectivity index (χ0) is 29.7. The maximum Gasteiger partial charge on any atom is 0.251 e. The van der Waals surface area contributed by atoms with E-state index >= 15 is 0 Å². The lowest BCUT2D eigenvalue weighted by molar-refractivity contribution is -0.138. The highest BCUT2D eigenvalue weighted by Gasteiger charge is 2.49. The van der Waals surface area contributed by atoms with E-state index in [0.717, 1.165) is 4.90 Å². The third kappa shape index (κ3) is 7.23. The highest BCUT2D eigenvalue weighted by molar-refractivity contribution is 7.10. The Kier molecular flexibility index (Phi) is 8.96. The van der Waals surface area contributed by atoms with Crippen LogP contribution in [0.25, 0.3) is 0 Å². The number of halogens is 3. The molecule has 13 heteroatoms. The molecule has 1 fully saturated rings. The number of alkyl halides is 2. The van der Waals surface area contributed by atoms with Gasteiger partial charge in [-0.25, -0.2) is 13.2 Å². The van der Waals surface area contributed by atoms with E-state index in [1.807, 2.05) is 0 Å². The molecule has 216 valence electrons. The normalized spacial score (nSPS) is 18.9. The first kappa shape index (κ1) is 29.6. The molecule has 0 saturated carbocycles. The van der Waals surface area contributed by atoms with Gasteiger partial charge in [0.15, 0.2) is 5.67 Å². The molecule has 1 aromatic heterocycles. The van der Waals surface area contributed by atoms with Gasteiger partial charge in [-0.2, -0.15) is 0 Å². The number of thiophene rings is 1. The summed E-state index contributed by atoms with van der Waals surface area (Å²) in [6, 6.07) is 11.2. The number of amides is 3. The van der Waals surface area contributed by atoms with Crippen molar-refractivity contribution in [2.45, 2.75) is 31.1 Å². The summed E-state index contributed by atoms with van der Waals surface area (Å²) in [4.78, 5) is 40.3. The summed E-state index contributed by atoms with van der Waals surface area (Å²) in [7, 11) is 0. The Balaban J connectivity index is 1.36. The summed E-state index contributed by atoms with van der Waals surface area (Å²) >= 11 is 1.27. The Morgan fingerprint density at radius 3 is 2.37 bits per heavy atom. The van der Waals surface area contributed by atoms with Gasteiger partial charge < -0.3 is 26.0 Å². The molecule has 4 rings (SSSR count). The molecule has 0 aliphatic carbocycles. The SMILES string of the molecule is C[C@@H](NC(=O)[C@@H]1C[C@](F)(CF)CN1C(=O)CNC(=O)c1ccc(Oc2ccc(F)cc2)cc1)c1cc(C(=N)N)cs1. The van der Waals surface area contributed by atoms with Crippen molar-refractivity contribution in [3.63, 3.8) is 0 Å². The van der Waals surface area contributed by atoms with E-state index in [4.69, 9.17) is 15.9 Å². The average Bonchev–Trinajstić information content (AvgIpc) is 3.59. The predicted molar refractivity (Wildman–Crippen MR) is 147 cm³/mol. The van der Waals surface area contributed by atoms with Crippen LogP contribution in [0.15, 0.2) is 60.0 Å². The number of benzene rings is 2. The number of nitrogens with one attached hydrogen (secondary N) is 3. The molecule has 1 aliphatic heterocycles. The average molecular weight is 588 g/mol. The lowest BCUT2D eigenvalue weighted by Crippen LogP contribution is -2.49. The summed E-state index contributed by atoms with van der Waals surface area (Å²) in [5, 5.41) is 14.3. The molecule has 0 unspecified atom stereocenters. The molecule has 0 spiro atoms. The van der Waals surface area contributed by atoms with Crippen molar-refractivity contribution in [2.75, 3.05) is 19.8 Å². The lowest BCUT2D eigenvalue weighted by atomic mass is 10.0. The summed E-state index contributed by atoms with van der Waals surface area (Å²) in [5.41, 5.74) is 3.79. The fourth-order valence-electron chi connectivity index (χ4n) is 4.30. The van der Waals surface area contributed by atoms with Gasteiger partial charge in [0.25, 0.3) is 5.91 Å². The van der Waals surface area contributed by atoms with E-state index < -0.39 is 67.5 Å². The molecule has 1 aliphatic rings. The van der Waals surface area contributed by atoms with Gasteiger partial charge in [0.05, 0.1) is 19.1 Å². The van der Waals surface area contributed by atoms with Crippen molar-refractivity contribution >= 4 is 34.9 Å². The molecule has 2 aromatic carbocycles. The van der Waals surface area contributed by atoms with Gasteiger partial charge in [-0.3, -0.25) is 19.8 Å². The maximum atomic E-state index is 15.0. The predicted octanol–water partition coefficient (Wildman–Crippen LogP) is 3.85. The fourth-order valence-corrected chi connectivity index (χ4v) is 5.22. The smallest absolute Gasteiger partial charge is 0.251 e. The van der Waals surface area contributed by atoms with Gasteiger partial charge in [-0.1, -0.05) is 0 Å². The van der Waals surface area contributed by atoms with E-state index in [9.17, 15) is 27.6 Å². The monoisotopic (exact) mass is 587 g/mol. The zero-order valence-electron chi connectivity index (χ0n) is 22.0. The number of rotatable bonds is 10. The summed E-state index contributed by atoms with van der Waals surface area (Å²) in [6.45, 7) is -0.862. The number of ether oxygens (including phenoxy) is 1. The summed E-state index contributed by atoms with van der Waals surface area (Å²) in [6.07, 6.45) is -0.527. The molecule has 9 nitrogen and oxygen atoms in total. The molecule has 41 heavy (non-hydrogen) atoms. The molecule has 0 radical (unpaired) electrons. The first-order chi connectivity index (χ1) is 19.5. The molecule has 1 saturated heterocycles. The Bertz CT molecular complexity index is 1430. The Labute approximate surface area is 238 Å². The molecule has 3 aromatic rings. The molecule has 2 heterocycles. The van der Waals surface area contributed by atoms with Crippen LogP contribution in [0.5, 0.6) is 11.5 Å². The summed E-state index contributed by atoms with van der Waals surface area (Å²) < 4.78 is 47.2. The number of hydrogen-bond donors (Lipinski definition) is 4. The van der Waals surface area contributed by atoms with Gasteiger partial charge in [-0.05, 0) is 61.5 Å². The Morgan fingerprint density at radius 2 is 1.78 bits per heavy atom. The summed E-state index contributed by atoms with van der Waals surface area (Å²) in [5.74, 6) is -1.74. The largest absolute Gasteiger partial charge is 0.457 e. The van der Waals surface area contributed by atoms with Crippen LogP contribution in [0.1, 0.15) is 40.2 Å². The second kappa shape index (κ2) is 12.4. The number of nitrogen functional groups attached to an aromatic ring is 1. The third-order valence-corrected chi connectivity index (χ3v) is 7.65. The zero-order valence-corrected chi connectivity index (χ0v) is 22.8. The van der Waals surface area contributed by atoms with Gasteiger partial charge >= 0.3 is 0 Å². The van der Waals surface area contributed by atoms with Crippen molar-refractivity contribution in [2.24, 2.45) is 5.73 Å². The molecule has 0 bridgehead atoms. The highest BCUT2D eigenvalue weighted by Crippen LogP contribution is 2.32. The van der Waals surface area contributed by atoms with Crippen LogP contribution >= 0.6 is 11.3 Å². The number of likely N-dealkylation sites (tertiary alicyclic amines) is 1. The first-order valence-electron chi connectivity index (χ1n) is 12.6. The Hall–Kier alpha value is -4.39. The van der Waals surface area contributed by atoms with Gasteiger partial charge in [0.1, 0.15) is 35.9 Å². The Morgan fingerprint density at radius 1 is 1.15 bits per heavy atom. The van der Waals surface area contributed by atoms with Crippen LogP contribution in [0.3, 0.4) is 0 Å². The number of amidine groups is 1. The van der Waals surface area contributed by atoms with Crippen molar-refractivity contribution < 1.29 is 32.3 Å². The van der Waals surface area contributed by atoms with Crippen molar-refractivity contribution in [3.8, 4) is 11.5 Å². The highest BCUT2D eigenvalue weighted by atomic mass is 32.1. The topological polar surface area (TPSA) is 138 Å². The maximum absolute atomic E-state index is 15.0. The second-order valence-electron chi connectivity index (χ2n) is 9.67. The molecular formula is C28H28F3N5O4S. The van der Waals surface area contributed by atoms with Crippen molar-refractivity contribution in [1.29, 1.82) is 5.41 Å². The number of carbonyl (C=O) groups excluding carboxylic acids is 3. The van der Waals surface area contributed by atoms with Crippen molar-refractivity contribution in [1.82, 2.24) is 15.5 Å². The number of carbonyl (C=O) groups is 3. The van der Waals surface area contributed by atoms with E-state index in [0.29, 0.717) is 21.9 Å². The van der Waals surface area contributed by atoms with E-state index in [1.54, 1.807) is 18.4 Å². The third-order valence-electron chi connectivity index (χ3n) is 6.53. The molecule has 3 amide bonds. The van der Waals surface area contributed by atoms with Crippen molar-refractivity contribution in [3.05, 3.63) is 81.8 Å². The van der Waals surface area contributed by atoms with E-state index in [2.05, 4.69) is 10.6 Å². The number of nitrogens with zero attached hydrogens (tertiary/aromatic N) is 1. The minimum absolute atomic E-state index is 0.125. The number of nitrogens with two attached hydrogens (primary N) is 1. The first-order valence-corrected chi connectivity index (χ1v) is 13.5. The fraction of sp³-hybridized carbons (Fsp3) is 0.286. The minimum atomic E-state index is -2.39.